The number of nitro benzene ring substituents is 1. The lowest BCUT2D eigenvalue weighted by Gasteiger charge is -2.04. The quantitative estimate of drug-likeness (QED) is 0.439. The van der Waals surface area contributed by atoms with E-state index in [1.54, 1.807) is 0 Å². The Morgan fingerprint density at radius 2 is 1.94 bits per heavy atom. The van der Waals surface area contributed by atoms with Crippen molar-refractivity contribution < 1.29 is 9.72 Å². The Morgan fingerprint density at radius 1 is 1.29 bits per heavy atom. The number of benzene rings is 1. The maximum atomic E-state index is 11.6. The van der Waals surface area contributed by atoms with Crippen molar-refractivity contribution in [1.29, 1.82) is 0 Å². The summed E-state index contributed by atoms with van der Waals surface area (Å²) in [5.74, 6) is -0.225. The van der Waals surface area contributed by atoms with Gasteiger partial charge in [0.1, 0.15) is 0 Å². The molecular formula is C11H15N3O3. The molecule has 0 radical (unpaired) electrons. The van der Waals surface area contributed by atoms with Crippen LogP contribution in [0.5, 0.6) is 0 Å². The lowest BCUT2D eigenvalue weighted by Crippen LogP contribution is -2.24. The van der Waals surface area contributed by atoms with Crippen LogP contribution in [0.4, 0.5) is 5.69 Å². The predicted octanol–water partition coefficient (Wildman–Crippen LogP) is 1.06. The highest BCUT2D eigenvalue weighted by molar-refractivity contribution is 5.94. The van der Waals surface area contributed by atoms with Gasteiger partial charge >= 0.3 is 0 Å². The normalized spacial score (nSPS) is 9.94. The highest BCUT2D eigenvalue weighted by Crippen LogP contribution is 2.11. The first-order chi connectivity index (χ1) is 8.15. The molecule has 6 nitrogen and oxygen atoms in total. The van der Waals surface area contributed by atoms with Crippen LogP contribution < -0.4 is 11.1 Å². The van der Waals surface area contributed by atoms with Gasteiger partial charge in [0.05, 0.1) is 4.92 Å². The summed E-state index contributed by atoms with van der Waals surface area (Å²) >= 11 is 0. The molecule has 0 spiro atoms. The zero-order valence-electron chi connectivity index (χ0n) is 9.39. The molecule has 0 aliphatic rings. The molecule has 0 aliphatic heterocycles. The lowest BCUT2D eigenvalue weighted by atomic mass is 10.2. The first-order valence-electron chi connectivity index (χ1n) is 5.38. The van der Waals surface area contributed by atoms with Crippen LogP contribution >= 0.6 is 0 Å². The maximum Gasteiger partial charge on any atom is 0.269 e. The molecule has 0 atom stereocenters. The summed E-state index contributed by atoms with van der Waals surface area (Å²) in [5.41, 5.74) is 5.72. The van der Waals surface area contributed by atoms with Crippen molar-refractivity contribution in [3.63, 3.8) is 0 Å². The third-order valence-corrected chi connectivity index (χ3v) is 2.26. The first-order valence-corrected chi connectivity index (χ1v) is 5.38. The molecule has 1 aromatic carbocycles. The van der Waals surface area contributed by atoms with Gasteiger partial charge in [-0.25, -0.2) is 0 Å². The minimum absolute atomic E-state index is 0.0234. The van der Waals surface area contributed by atoms with Crippen molar-refractivity contribution in [2.75, 3.05) is 13.1 Å². The van der Waals surface area contributed by atoms with Gasteiger partial charge in [0.15, 0.2) is 0 Å². The molecule has 0 saturated heterocycles. The Bertz CT molecular complexity index is 389. The molecule has 1 rings (SSSR count). The van der Waals surface area contributed by atoms with Crippen LogP contribution in [0.1, 0.15) is 23.2 Å². The third-order valence-electron chi connectivity index (χ3n) is 2.26. The van der Waals surface area contributed by atoms with Gasteiger partial charge in [0.2, 0.25) is 0 Å². The van der Waals surface area contributed by atoms with Crippen molar-refractivity contribution in [1.82, 2.24) is 5.32 Å². The summed E-state index contributed by atoms with van der Waals surface area (Å²) in [4.78, 5) is 21.5. The van der Waals surface area contributed by atoms with E-state index in [9.17, 15) is 14.9 Å². The second kappa shape index (κ2) is 6.59. The van der Waals surface area contributed by atoms with E-state index in [0.717, 1.165) is 12.8 Å². The molecule has 0 saturated carbocycles. The molecule has 0 aromatic heterocycles. The van der Waals surface area contributed by atoms with Crippen LogP contribution in [-0.4, -0.2) is 23.9 Å². The van der Waals surface area contributed by atoms with Gasteiger partial charge in [0, 0.05) is 24.2 Å². The van der Waals surface area contributed by atoms with Crippen LogP contribution in [0.3, 0.4) is 0 Å². The van der Waals surface area contributed by atoms with Gasteiger partial charge in [-0.3, -0.25) is 14.9 Å². The smallest absolute Gasteiger partial charge is 0.269 e. The van der Waals surface area contributed by atoms with Crippen molar-refractivity contribution in [3.05, 3.63) is 39.9 Å². The van der Waals surface area contributed by atoms with Gasteiger partial charge < -0.3 is 11.1 Å². The number of nitrogens with one attached hydrogen (secondary N) is 1. The van der Waals surface area contributed by atoms with Gasteiger partial charge in [-0.15, -0.1) is 0 Å². The van der Waals surface area contributed by atoms with E-state index < -0.39 is 4.92 Å². The van der Waals surface area contributed by atoms with Crippen LogP contribution in [0, 0.1) is 10.1 Å². The predicted molar refractivity (Wildman–Crippen MR) is 63.7 cm³/mol. The highest BCUT2D eigenvalue weighted by atomic mass is 16.6. The number of unbranched alkanes of at least 4 members (excludes halogenated alkanes) is 1. The Kier molecular flexibility index (Phi) is 5.09. The molecule has 17 heavy (non-hydrogen) atoms. The van der Waals surface area contributed by atoms with Crippen LogP contribution in [-0.2, 0) is 0 Å². The molecule has 0 unspecified atom stereocenters. The number of amides is 1. The summed E-state index contributed by atoms with van der Waals surface area (Å²) in [5, 5.41) is 13.1. The van der Waals surface area contributed by atoms with Crippen LogP contribution in [0.25, 0.3) is 0 Å². The number of hydrogen-bond acceptors (Lipinski definition) is 4. The van der Waals surface area contributed by atoms with E-state index in [4.69, 9.17) is 5.73 Å². The molecular weight excluding hydrogens is 222 g/mol. The number of carbonyl (C=O) groups excluding carboxylic acids is 1. The van der Waals surface area contributed by atoms with E-state index in [2.05, 4.69) is 5.32 Å². The van der Waals surface area contributed by atoms with Crippen LogP contribution in [0.2, 0.25) is 0 Å². The SMILES string of the molecule is NCCCCNC(=O)c1ccc([N+](=O)[O-])cc1. The molecule has 0 aliphatic carbocycles. The fourth-order valence-corrected chi connectivity index (χ4v) is 1.31. The molecule has 92 valence electrons. The largest absolute Gasteiger partial charge is 0.352 e. The standard InChI is InChI=1S/C11H15N3O3/c12-7-1-2-8-13-11(15)9-3-5-10(6-4-9)14(16)17/h3-6H,1-2,7-8,12H2,(H,13,15). The lowest BCUT2D eigenvalue weighted by molar-refractivity contribution is -0.384. The van der Waals surface area contributed by atoms with E-state index in [1.807, 2.05) is 0 Å². The van der Waals surface area contributed by atoms with Gasteiger partial charge in [-0.1, -0.05) is 0 Å². The van der Waals surface area contributed by atoms with Gasteiger partial charge in [0.25, 0.3) is 11.6 Å². The summed E-state index contributed by atoms with van der Waals surface area (Å²) in [6.45, 7) is 1.17. The number of nitrogens with zero attached hydrogens (tertiary/aromatic N) is 1. The number of non-ortho nitro benzene ring substituents is 1. The number of nitro groups is 1. The Labute approximate surface area is 99.0 Å². The molecule has 1 aromatic rings. The maximum absolute atomic E-state index is 11.6. The van der Waals surface area contributed by atoms with Crippen molar-refractivity contribution >= 4 is 11.6 Å². The molecule has 1 amide bonds. The molecule has 0 fully saturated rings. The fourth-order valence-electron chi connectivity index (χ4n) is 1.31. The minimum Gasteiger partial charge on any atom is -0.352 e. The Hall–Kier alpha value is -1.95. The first kappa shape index (κ1) is 13.1. The van der Waals surface area contributed by atoms with Crippen LogP contribution in [0.15, 0.2) is 24.3 Å². The number of carbonyl (C=O) groups is 1. The molecule has 0 bridgehead atoms. The zero-order chi connectivity index (χ0) is 12.7. The van der Waals surface area contributed by atoms with Gasteiger partial charge in [-0.2, -0.15) is 0 Å². The van der Waals surface area contributed by atoms with Crippen molar-refractivity contribution in [2.45, 2.75) is 12.8 Å². The van der Waals surface area contributed by atoms with Crippen molar-refractivity contribution in [3.8, 4) is 0 Å². The van der Waals surface area contributed by atoms with E-state index in [-0.39, 0.29) is 11.6 Å². The third kappa shape index (κ3) is 4.20. The van der Waals surface area contributed by atoms with E-state index in [0.29, 0.717) is 18.7 Å². The average molecular weight is 237 g/mol. The van der Waals surface area contributed by atoms with E-state index >= 15 is 0 Å². The molecule has 6 heteroatoms. The Morgan fingerprint density at radius 3 is 2.47 bits per heavy atom. The summed E-state index contributed by atoms with van der Waals surface area (Å²) in [7, 11) is 0. The zero-order valence-corrected chi connectivity index (χ0v) is 9.39. The Balaban J connectivity index is 2.49. The van der Waals surface area contributed by atoms with Crippen molar-refractivity contribution in [2.24, 2.45) is 5.73 Å². The van der Waals surface area contributed by atoms with E-state index in [1.165, 1.54) is 24.3 Å². The number of nitrogens with two attached hydrogens (primary N) is 1. The minimum atomic E-state index is -0.497. The second-order valence-corrected chi connectivity index (χ2v) is 3.56. The molecule has 3 N–H and O–H groups in total. The summed E-state index contributed by atoms with van der Waals surface area (Å²) in [6.07, 6.45) is 1.69. The number of hydrogen-bond donors (Lipinski definition) is 2. The topological polar surface area (TPSA) is 98.3 Å². The fraction of sp³-hybridized carbons (Fsp3) is 0.364. The number of rotatable bonds is 6. The van der Waals surface area contributed by atoms with Gasteiger partial charge in [-0.05, 0) is 31.5 Å². The monoisotopic (exact) mass is 237 g/mol. The highest BCUT2D eigenvalue weighted by Gasteiger charge is 2.08. The summed E-state index contributed by atoms with van der Waals surface area (Å²) < 4.78 is 0. The molecule has 0 heterocycles. The average Bonchev–Trinajstić information content (AvgIpc) is 2.34. The summed E-state index contributed by atoms with van der Waals surface area (Å²) in [6, 6.07) is 5.51. The second-order valence-electron chi connectivity index (χ2n) is 3.56.